The molecule has 8 heteroatoms. The van der Waals surface area contributed by atoms with Gasteiger partial charge in [0.05, 0.1) is 0 Å². The molecule has 0 saturated carbocycles. The molecule has 0 aliphatic rings. The molecule has 0 aliphatic heterocycles. The molecule has 0 spiro atoms. The fourth-order valence-electron chi connectivity index (χ4n) is 9.40. The molecule has 0 aliphatic carbocycles. The Labute approximate surface area is 284 Å². The molecule has 238 valence electrons. The van der Waals surface area contributed by atoms with Gasteiger partial charge in [0.2, 0.25) is 0 Å². The zero-order valence-electron chi connectivity index (χ0n) is 29.4. The molecule has 2 heterocycles. The number of thiophene rings is 2. The van der Waals surface area contributed by atoms with E-state index in [9.17, 15) is 21.0 Å². The molecule has 2 aromatic carbocycles. The molecule has 4 rings (SSSR count). The van der Waals surface area contributed by atoms with Crippen LogP contribution in [0.4, 0.5) is 0 Å². The Kier molecular flexibility index (Phi) is 10.1. The van der Waals surface area contributed by atoms with Crippen molar-refractivity contribution < 1.29 is 0 Å². The fraction of sp³-hybridized carbons (Fsp3) is 0.474. The second kappa shape index (κ2) is 13.1. The van der Waals surface area contributed by atoms with Crippen LogP contribution in [-0.2, 0) is 0 Å². The Morgan fingerprint density at radius 3 is 0.935 bits per heavy atom. The van der Waals surface area contributed by atoms with Crippen molar-refractivity contribution in [3.8, 4) is 24.3 Å². The summed E-state index contributed by atoms with van der Waals surface area (Å²) in [6, 6.07) is 17.5. The van der Waals surface area contributed by atoms with Crippen LogP contribution in [0.15, 0.2) is 24.3 Å². The molecule has 4 nitrogen and oxygen atoms in total. The van der Waals surface area contributed by atoms with Crippen molar-refractivity contribution in [3.63, 3.8) is 0 Å². The van der Waals surface area contributed by atoms with Gasteiger partial charge in [0.1, 0.15) is 51.6 Å². The van der Waals surface area contributed by atoms with E-state index >= 15 is 0 Å². The first-order valence-electron chi connectivity index (χ1n) is 16.4. The van der Waals surface area contributed by atoms with Crippen LogP contribution >= 0.6 is 22.7 Å². The number of nitriles is 4. The van der Waals surface area contributed by atoms with E-state index in [1.54, 1.807) is 0 Å². The van der Waals surface area contributed by atoms with Gasteiger partial charge in [-0.1, -0.05) is 83.1 Å². The van der Waals surface area contributed by atoms with Gasteiger partial charge in [-0.2, -0.15) is 21.0 Å². The van der Waals surface area contributed by atoms with E-state index in [1.165, 1.54) is 9.00 Å². The highest BCUT2D eigenvalue weighted by Crippen LogP contribution is 2.46. The number of hydrogen-bond donors (Lipinski definition) is 0. The maximum Gasteiger partial charge on any atom is 0.137 e. The lowest BCUT2D eigenvalue weighted by Crippen LogP contribution is -2.54. The van der Waals surface area contributed by atoms with E-state index in [4.69, 9.17) is 0 Å². The van der Waals surface area contributed by atoms with Crippen molar-refractivity contribution >= 4 is 89.9 Å². The molecule has 4 aromatic rings. The Hall–Kier alpha value is -3.25. The highest BCUT2D eigenvalue weighted by molar-refractivity contribution is 7.34. The van der Waals surface area contributed by atoms with Crippen molar-refractivity contribution in [1.29, 1.82) is 21.0 Å². The van der Waals surface area contributed by atoms with Crippen LogP contribution in [0.1, 0.15) is 83.1 Å². The first-order valence-corrected chi connectivity index (χ1v) is 22.5. The lowest BCUT2D eigenvalue weighted by atomic mass is 10.00. The maximum absolute atomic E-state index is 10.2. The highest BCUT2D eigenvalue weighted by Gasteiger charge is 2.47. The minimum Gasteiger partial charge on any atom is -0.192 e. The SMILES string of the molecule is CC(C)[Si](c1cc2c(=C(C#N)C#N)cc3c(cc(=C(C#N)C#N)c4cc([Si](C(C)C)(C(C)C)C(C)C)sc43)c2s1)(C(C)C)C(C)C. The number of fused-ring (bicyclic) bond motifs is 5. The van der Waals surface area contributed by atoms with Crippen LogP contribution in [0.25, 0.3) is 42.1 Å². The smallest absolute Gasteiger partial charge is 0.137 e. The minimum atomic E-state index is -2.07. The molecule has 0 amide bonds. The molecule has 0 bridgehead atoms. The van der Waals surface area contributed by atoms with Crippen molar-refractivity contribution in [2.75, 3.05) is 0 Å². The number of nitrogens with zero attached hydrogens (tertiary/aromatic N) is 4. The molecule has 0 radical (unpaired) electrons. The van der Waals surface area contributed by atoms with E-state index in [0.29, 0.717) is 43.7 Å². The summed E-state index contributed by atoms with van der Waals surface area (Å²) < 4.78 is 4.85. The molecule has 2 aromatic heterocycles. The van der Waals surface area contributed by atoms with Crippen LogP contribution in [-0.4, -0.2) is 16.1 Å². The minimum absolute atomic E-state index is 0.118. The lowest BCUT2D eigenvalue weighted by molar-refractivity contribution is 0.837. The van der Waals surface area contributed by atoms with Gasteiger partial charge in [-0.15, -0.1) is 22.7 Å². The van der Waals surface area contributed by atoms with Gasteiger partial charge < -0.3 is 0 Å². The lowest BCUT2D eigenvalue weighted by Gasteiger charge is -2.42. The van der Waals surface area contributed by atoms with Crippen LogP contribution in [0.5, 0.6) is 0 Å². The Morgan fingerprint density at radius 1 is 0.457 bits per heavy atom. The van der Waals surface area contributed by atoms with Crippen molar-refractivity contribution in [1.82, 2.24) is 0 Å². The maximum atomic E-state index is 10.2. The van der Waals surface area contributed by atoms with Gasteiger partial charge in [-0.3, -0.25) is 0 Å². The van der Waals surface area contributed by atoms with Gasteiger partial charge in [-0.25, -0.2) is 0 Å². The van der Waals surface area contributed by atoms with E-state index in [1.807, 2.05) is 34.8 Å². The second-order valence-electron chi connectivity index (χ2n) is 14.6. The molecule has 46 heavy (non-hydrogen) atoms. The van der Waals surface area contributed by atoms with Crippen LogP contribution < -0.4 is 19.4 Å². The monoisotopic (exact) mass is 678 g/mol. The average molecular weight is 679 g/mol. The predicted octanol–water partition coefficient (Wildman–Crippen LogP) is 9.44. The summed E-state index contributed by atoms with van der Waals surface area (Å²) in [6.45, 7) is 28.2. The number of rotatable bonds is 8. The van der Waals surface area contributed by atoms with E-state index in [0.717, 1.165) is 30.9 Å². The zero-order chi connectivity index (χ0) is 34.5. The van der Waals surface area contributed by atoms with Gasteiger partial charge in [0, 0.05) is 41.4 Å². The topological polar surface area (TPSA) is 95.2 Å². The summed E-state index contributed by atoms with van der Waals surface area (Å²) in [5.74, 6) is 0. The van der Waals surface area contributed by atoms with Crippen LogP contribution in [0.3, 0.4) is 0 Å². The second-order valence-corrected chi connectivity index (χ2v) is 29.2. The zero-order valence-corrected chi connectivity index (χ0v) is 33.0. The molecule has 0 atom stereocenters. The summed E-state index contributed by atoms with van der Waals surface area (Å²) in [6.07, 6.45) is 0. The van der Waals surface area contributed by atoms with E-state index in [-0.39, 0.29) is 11.1 Å². The largest absolute Gasteiger partial charge is 0.192 e. The third-order valence-electron chi connectivity index (χ3n) is 11.0. The third kappa shape index (κ3) is 5.07. The van der Waals surface area contributed by atoms with Gasteiger partial charge in [0.25, 0.3) is 0 Å². The molecule has 0 N–H and O–H groups in total. The summed E-state index contributed by atoms with van der Waals surface area (Å²) in [7, 11) is -4.14. The predicted molar refractivity (Wildman–Crippen MR) is 205 cm³/mol. The van der Waals surface area contributed by atoms with Crippen molar-refractivity contribution in [2.24, 2.45) is 0 Å². The van der Waals surface area contributed by atoms with E-state index in [2.05, 4.69) is 119 Å². The molecule has 0 unspecified atom stereocenters. The Morgan fingerprint density at radius 2 is 0.717 bits per heavy atom. The quantitative estimate of drug-likeness (QED) is 0.174. The van der Waals surface area contributed by atoms with Gasteiger partial charge in [-0.05, 0) is 66.5 Å². The van der Waals surface area contributed by atoms with E-state index < -0.39 is 16.1 Å². The first-order chi connectivity index (χ1) is 21.6. The van der Waals surface area contributed by atoms with Gasteiger partial charge in [0.15, 0.2) is 0 Å². The normalized spacial score (nSPS) is 12.6. The first kappa shape index (κ1) is 35.6. The van der Waals surface area contributed by atoms with Crippen LogP contribution in [0, 0.1) is 45.3 Å². The van der Waals surface area contributed by atoms with Gasteiger partial charge >= 0.3 is 0 Å². The van der Waals surface area contributed by atoms with Crippen molar-refractivity contribution in [2.45, 2.75) is 116 Å². The third-order valence-corrected chi connectivity index (χ3v) is 29.1. The number of hydrogen-bond acceptors (Lipinski definition) is 6. The average Bonchev–Trinajstić information content (AvgIpc) is 3.60. The molecular weight excluding hydrogens is 633 g/mol. The summed E-state index contributed by atoms with van der Waals surface area (Å²) in [4.78, 5) is 0. The summed E-state index contributed by atoms with van der Waals surface area (Å²) >= 11 is 3.62. The summed E-state index contributed by atoms with van der Waals surface area (Å²) in [5, 5.41) is 45.9. The highest BCUT2D eigenvalue weighted by atomic mass is 32.1. The number of benzene rings is 2. The Bertz CT molecular complexity index is 1910. The standard InChI is InChI=1S/C38H46N4S2Si2/c1-21(2)45(22(3)4,23(5)6)35-15-33-29(27(17-39)18-40)13-32-31(37(33)43-35)14-30(28(19-41)20-42)34-16-36(44-38(32)34)46(24(7)8,25(9)10)26(11)12/h13-16,21-26H,1-12H3. The fourth-order valence-corrected chi connectivity index (χ4v) is 29.8. The van der Waals surface area contributed by atoms with Crippen molar-refractivity contribution in [3.05, 3.63) is 34.7 Å². The molecule has 0 fully saturated rings. The summed E-state index contributed by atoms with van der Waals surface area (Å²) in [5.41, 5.74) is 3.19. The Balaban J connectivity index is 2.42. The molecule has 0 saturated heterocycles. The van der Waals surface area contributed by atoms with Crippen LogP contribution in [0.2, 0.25) is 33.2 Å². The molecular formula is C38H46N4S2Si2.